The first-order valence-electron chi connectivity index (χ1n) is 16.1. The summed E-state index contributed by atoms with van der Waals surface area (Å²) in [4.78, 5) is 44.2. The van der Waals surface area contributed by atoms with Gasteiger partial charge in [0.25, 0.3) is 5.91 Å². The highest BCUT2D eigenvalue weighted by Gasteiger charge is 2.42. The van der Waals surface area contributed by atoms with Crippen LogP contribution in [-0.4, -0.2) is 75.2 Å². The molecule has 0 aromatic heterocycles. The van der Waals surface area contributed by atoms with Crippen molar-refractivity contribution in [2.24, 2.45) is 17.8 Å². The zero-order chi connectivity index (χ0) is 29.9. The molecule has 42 heavy (non-hydrogen) atoms. The first-order chi connectivity index (χ1) is 20.2. The molecule has 0 bridgehead atoms. The molecule has 5 rings (SSSR count). The smallest absolute Gasteiger partial charge is 0.270 e. The molecule has 4 aliphatic rings. The SMILES string of the molecule is COCCCN1C(=O)C(C)(C)Oc2ccc(N(CC(=O)[C@H]3CNC[C@@H](C(=O)N[C@@H](C)C4CCCCC4)C3)C3CC3)cc21. The van der Waals surface area contributed by atoms with E-state index in [9.17, 15) is 14.4 Å². The molecule has 232 valence electrons. The lowest BCUT2D eigenvalue weighted by Gasteiger charge is -2.39. The quantitative estimate of drug-likeness (QED) is 0.359. The Kier molecular flexibility index (Phi) is 9.77. The second-order valence-electron chi connectivity index (χ2n) is 13.4. The van der Waals surface area contributed by atoms with Crippen molar-refractivity contribution in [3.8, 4) is 5.75 Å². The van der Waals surface area contributed by atoms with Crippen LogP contribution < -0.4 is 25.2 Å². The normalized spacial score (nSPS) is 24.9. The van der Waals surface area contributed by atoms with E-state index < -0.39 is 5.60 Å². The monoisotopic (exact) mass is 582 g/mol. The Labute approximate surface area is 251 Å². The highest BCUT2D eigenvalue weighted by Crippen LogP contribution is 2.42. The molecule has 9 heteroatoms. The summed E-state index contributed by atoms with van der Waals surface area (Å²) in [6.45, 7) is 8.36. The maximum Gasteiger partial charge on any atom is 0.270 e. The maximum absolute atomic E-state index is 13.7. The Bertz CT molecular complexity index is 1130. The molecule has 1 aromatic carbocycles. The molecule has 2 saturated carbocycles. The molecule has 3 fully saturated rings. The van der Waals surface area contributed by atoms with E-state index in [2.05, 4.69) is 22.5 Å². The number of nitrogens with one attached hydrogen (secondary N) is 2. The van der Waals surface area contributed by atoms with Gasteiger partial charge >= 0.3 is 0 Å². The third-order valence-corrected chi connectivity index (χ3v) is 9.64. The van der Waals surface area contributed by atoms with E-state index >= 15 is 0 Å². The van der Waals surface area contributed by atoms with Crippen LogP contribution in [0.3, 0.4) is 0 Å². The number of benzene rings is 1. The van der Waals surface area contributed by atoms with Gasteiger partial charge in [-0.3, -0.25) is 14.4 Å². The van der Waals surface area contributed by atoms with Gasteiger partial charge in [-0.15, -0.1) is 0 Å². The first-order valence-corrected chi connectivity index (χ1v) is 16.1. The van der Waals surface area contributed by atoms with Crippen LogP contribution >= 0.6 is 0 Å². The number of hydrogen-bond acceptors (Lipinski definition) is 7. The van der Waals surface area contributed by atoms with E-state index in [4.69, 9.17) is 9.47 Å². The van der Waals surface area contributed by atoms with E-state index in [0.717, 1.165) is 30.6 Å². The summed E-state index contributed by atoms with van der Waals surface area (Å²) in [6, 6.07) is 6.42. The second-order valence-corrected chi connectivity index (χ2v) is 13.4. The number of methoxy groups -OCH3 is 1. The van der Waals surface area contributed by atoms with E-state index in [1.165, 1.54) is 32.1 Å². The van der Waals surface area contributed by atoms with E-state index in [1.54, 1.807) is 25.9 Å². The van der Waals surface area contributed by atoms with Crippen molar-refractivity contribution in [2.45, 2.75) is 96.2 Å². The molecule has 0 unspecified atom stereocenters. The van der Waals surface area contributed by atoms with E-state index in [0.29, 0.717) is 56.9 Å². The fraction of sp³-hybridized carbons (Fsp3) is 0.727. The van der Waals surface area contributed by atoms with Gasteiger partial charge in [-0.2, -0.15) is 0 Å². The minimum atomic E-state index is -0.946. The minimum Gasteiger partial charge on any atom is -0.476 e. The Morgan fingerprint density at radius 3 is 2.60 bits per heavy atom. The van der Waals surface area contributed by atoms with Gasteiger partial charge in [0, 0.05) is 57.0 Å². The summed E-state index contributed by atoms with van der Waals surface area (Å²) in [5.74, 6) is 1.01. The molecule has 2 N–H and O–H groups in total. The second kappa shape index (κ2) is 13.3. The third-order valence-electron chi connectivity index (χ3n) is 9.64. The predicted octanol–water partition coefficient (Wildman–Crippen LogP) is 4.08. The largest absolute Gasteiger partial charge is 0.476 e. The minimum absolute atomic E-state index is 0.0762. The number of hydrogen-bond donors (Lipinski definition) is 2. The Morgan fingerprint density at radius 2 is 1.88 bits per heavy atom. The molecule has 2 aliphatic carbocycles. The van der Waals surface area contributed by atoms with Crippen LogP contribution in [0.15, 0.2) is 18.2 Å². The van der Waals surface area contributed by atoms with Crippen LogP contribution in [0.2, 0.25) is 0 Å². The fourth-order valence-electron chi connectivity index (χ4n) is 6.92. The fourth-order valence-corrected chi connectivity index (χ4v) is 6.92. The van der Waals surface area contributed by atoms with Crippen LogP contribution in [0, 0.1) is 17.8 Å². The number of fused-ring (bicyclic) bond motifs is 1. The van der Waals surface area contributed by atoms with Crippen molar-refractivity contribution >= 4 is 29.0 Å². The molecule has 0 radical (unpaired) electrons. The number of carbonyl (C=O) groups excluding carboxylic acids is 3. The van der Waals surface area contributed by atoms with Gasteiger partial charge in [0.2, 0.25) is 5.91 Å². The summed E-state index contributed by atoms with van der Waals surface area (Å²) in [7, 11) is 1.66. The summed E-state index contributed by atoms with van der Waals surface area (Å²) < 4.78 is 11.3. The Hall–Kier alpha value is -2.65. The molecule has 9 nitrogen and oxygen atoms in total. The molecule has 1 aromatic rings. The van der Waals surface area contributed by atoms with Gasteiger partial charge < -0.3 is 29.9 Å². The number of rotatable bonds is 12. The van der Waals surface area contributed by atoms with Gasteiger partial charge in [-0.1, -0.05) is 19.3 Å². The number of carbonyl (C=O) groups is 3. The number of ketones is 1. The van der Waals surface area contributed by atoms with Crippen LogP contribution in [-0.2, 0) is 19.1 Å². The van der Waals surface area contributed by atoms with Crippen LogP contribution in [0.1, 0.15) is 78.6 Å². The zero-order valence-electron chi connectivity index (χ0n) is 26.0. The first kappa shape index (κ1) is 30.8. The number of anilines is 2. The van der Waals surface area contributed by atoms with Gasteiger partial charge in [-0.05, 0) is 83.4 Å². The lowest BCUT2D eigenvalue weighted by Crippen LogP contribution is -2.53. The van der Waals surface area contributed by atoms with Crippen LogP contribution in [0.5, 0.6) is 5.75 Å². The van der Waals surface area contributed by atoms with Crippen molar-refractivity contribution in [2.75, 3.05) is 49.7 Å². The molecular formula is C33H50N4O5. The highest BCUT2D eigenvalue weighted by atomic mass is 16.5. The van der Waals surface area contributed by atoms with Crippen LogP contribution in [0.25, 0.3) is 0 Å². The van der Waals surface area contributed by atoms with Crippen molar-refractivity contribution < 1.29 is 23.9 Å². The summed E-state index contributed by atoms with van der Waals surface area (Å²) in [5, 5.41) is 6.65. The lowest BCUT2D eigenvalue weighted by atomic mass is 9.83. The zero-order valence-corrected chi connectivity index (χ0v) is 26.0. The number of Topliss-reactive ketones (excluding diaryl/α,β-unsaturated/α-hetero) is 1. The lowest BCUT2D eigenvalue weighted by molar-refractivity contribution is -0.132. The molecule has 2 aliphatic heterocycles. The van der Waals surface area contributed by atoms with Crippen molar-refractivity contribution in [3.05, 3.63) is 18.2 Å². The Morgan fingerprint density at radius 1 is 1.14 bits per heavy atom. The van der Waals surface area contributed by atoms with Gasteiger partial charge in [0.15, 0.2) is 11.4 Å². The molecule has 1 saturated heterocycles. The van der Waals surface area contributed by atoms with Crippen molar-refractivity contribution in [3.63, 3.8) is 0 Å². The van der Waals surface area contributed by atoms with Crippen molar-refractivity contribution in [1.82, 2.24) is 10.6 Å². The van der Waals surface area contributed by atoms with E-state index in [-0.39, 0.29) is 35.5 Å². The number of amides is 2. The Balaban J connectivity index is 1.25. The predicted molar refractivity (Wildman–Crippen MR) is 164 cm³/mol. The number of nitrogens with zero attached hydrogens (tertiary/aromatic N) is 2. The summed E-state index contributed by atoms with van der Waals surface area (Å²) in [5.41, 5.74) is 0.727. The number of ether oxygens (including phenoxy) is 2. The highest BCUT2D eigenvalue weighted by molar-refractivity contribution is 6.03. The van der Waals surface area contributed by atoms with Crippen molar-refractivity contribution in [1.29, 1.82) is 0 Å². The van der Waals surface area contributed by atoms with Gasteiger partial charge in [0.05, 0.1) is 18.2 Å². The average Bonchev–Trinajstić information content (AvgIpc) is 3.83. The topological polar surface area (TPSA) is 100 Å². The maximum atomic E-state index is 13.7. The van der Waals surface area contributed by atoms with Gasteiger partial charge in [-0.25, -0.2) is 0 Å². The van der Waals surface area contributed by atoms with Gasteiger partial charge in [0.1, 0.15) is 5.75 Å². The average molecular weight is 583 g/mol. The third kappa shape index (κ3) is 7.10. The molecule has 2 amide bonds. The van der Waals surface area contributed by atoms with Crippen LogP contribution in [0.4, 0.5) is 11.4 Å². The molecular weight excluding hydrogens is 532 g/mol. The molecule has 0 spiro atoms. The number of piperidine rings is 1. The summed E-state index contributed by atoms with van der Waals surface area (Å²) in [6.07, 6.45) is 9.56. The van der Waals surface area contributed by atoms with E-state index in [1.807, 2.05) is 18.2 Å². The standard InChI is InChI=1S/C33H50N4O5/c1-22(23-9-6-5-7-10-23)35-31(39)25-17-24(19-34-20-25)29(38)21-37(26-11-12-26)27-13-14-30-28(18-27)36(15-8-16-41-4)32(40)33(2,3)42-30/h13-14,18,22-26,34H,5-12,15-17,19-21H2,1-4H3,(H,35,39)/t22-,24+,25-/m0/s1. The molecule has 2 heterocycles. The summed E-state index contributed by atoms with van der Waals surface area (Å²) >= 11 is 0. The molecule has 3 atom stereocenters.